The smallest absolute Gasteiger partial charge is 0.294 e. The predicted molar refractivity (Wildman–Crippen MR) is 67.1 cm³/mol. The second kappa shape index (κ2) is 6.84. The van der Waals surface area contributed by atoms with Crippen molar-refractivity contribution in [1.82, 2.24) is 0 Å². The normalized spacial score (nSPS) is 19.2. The first-order valence-electron chi connectivity index (χ1n) is 5.70. The van der Waals surface area contributed by atoms with Crippen LogP contribution in [-0.4, -0.2) is 37.4 Å². The van der Waals surface area contributed by atoms with Crippen molar-refractivity contribution >= 4 is 10.1 Å². The van der Waals surface area contributed by atoms with E-state index in [1.807, 2.05) is 6.92 Å². The molecule has 102 valence electrons. The van der Waals surface area contributed by atoms with Gasteiger partial charge in [0.25, 0.3) is 10.1 Å². The van der Waals surface area contributed by atoms with Gasteiger partial charge in [-0.3, -0.25) is 4.55 Å². The van der Waals surface area contributed by atoms with E-state index in [2.05, 4.69) is 0 Å². The molecule has 0 aromatic heterocycles. The third kappa shape index (κ3) is 5.14. The van der Waals surface area contributed by atoms with Crippen molar-refractivity contribution < 1.29 is 22.8 Å². The summed E-state index contributed by atoms with van der Waals surface area (Å²) in [6.45, 7) is 2.87. The lowest BCUT2D eigenvalue weighted by Crippen LogP contribution is -2.09. The molecule has 1 unspecified atom stereocenters. The standard InChI is InChI=1S/C7H8O3S.C5H10O2/c1-6-2-4-7(5-3-6)11(8,9)10;6-4-5-2-1-3-7-5/h2-5H,1H3,(H,8,9,10);5-6H,1-4H2. The van der Waals surface area contributed by atoms with Gasteiger partial charge in [-0.2, -0.15) is 8.42 Å². The topological polar surface area (TPSA) is 83.8 Å². The van der Waals surface area contributed by atoms with Crippen molar-refractivity contribution in [2.75, 3.05) is 13.2 Å². The first-order valence-corrected chi connectivity index (χ1v) is 7.14. The Labute approximate surface area is 107 Å². The Balaban J connectivity index is 0.000000199. The van der Waals surface area contributed by atoms with Gasteiger partial charge in [0.1, 0.15) is 0 Å². The van der Waals surface area contributed by atoms with Gasteiger partial charge in [-0.05, 0) is 31.9 Å². The van der Waals surface area contributed by atoms with E-state index in [9.17, 15) is 8.42 Å². The zero-order valence-corrected chi connectivity index (χ0v) is 11.1. The van der Waals surface area contributed by atoms with E-state index >= 15 is 0 Å². The van der Waals surface area contributed by atoms with Gasteiger partial charge in [0, 0.05) is 6.61 Å². The lowest BCUT2D eigenvalue weighted by atomic mass is 10.2. The average molecular weight is 274 g/mol. The molecule has 1 fully saturated rings. The minimum atomic E-state index is -4.02. The summed E-state index contributed by atoms with van der Waals surface area (Å²) < 4.78 is 34.6. The molecule has 1 saturated heterocycles. The van der Waals surface area contributed by atoms with E-state index in [1.165, 1.54) is 12.1 Å². The molecule has 2 rings (SSSR count). The van der Waals surface area contributed by atoms with Crippen LogP contribution in [0.3, 0.4) is 0 Å². The number of aryl methyl sites for hydroxylation is 1. The molecule has 0 radical (unpaired) electrons. The number of aliphatic hydroxyl groups is 1. The summed E-state index contributed by atoms with van der Waals surface area (Å²) in [7, 11) is -4.02. The van der Waals surface area contributed by atoms with Crippen LogP contribution in [0.5, 0.6) is 0 Å². The maximum atomic E-state index is 10.5. The minimum Gasteiger partial charge on any atom is -0.394 e. The fourth-order valence-electron chi connectivity index (χ4n) is 1.50. The lowest BCUT2D eigenvalue weighted by Gasteiger charge is -2.00. The quantitative estimate of drug-likeness (QED) is 0.796. The highest BCUT2D eigenvalue weighted by atomic mass is 32.2. The Kier molecular flexibility index (Phi) is 5.74. The fourth-order valence-corrected chi connectivity index (χ4v) is 1.98. The highest BCUT2D eigenvalue weighted by Crippen LogP contribution is 2.10. The van der Waals surface area contributed by atoms with E-state index in [4.69, 9.17) is 14.4 Å². The molecule has 2 N–H and O–H groups in total. The summed E-state index contributed by atoms with van der Waals surface area (Å²) in [6.07, 6.45) is 2.31. The van der Waals surface area contributed by atoms with Gasteiger partial charge in [-0.15, -0.1) is 0 Å². The largest absolute Gasteiger partial charge is 0.394 e. The van der Waals surface area contributed by atoms with Gasteiger partial charge in [-0.25, -0.2) is 0 Å². The number of hydrogen-bond donors (Lipinski definition) is 2. The number of hydrogen-bond acceptors (Lipinski definition) is 4. The van der Waals surface area contributed by atoms with Crippen molar-refractivity contribution in [3.05, 3.63) is 29.8 Å². The molecule has 0 saturated carbocycles. The van der Waals surface area contributed by atoms with Gasteiger partial charge >= 0.3 is 0 Å². The van der Waals surface area contributed by atoms with E-state index in [-0.39, 0.29) is 17.6 Å². The molecule has 1 heterocycles. The van der Waals surface area contributed by atoms with Crippen molar-refractivity contribution in [1.29, 1.82) is 0 Å². The van der Waals surface area contributed by atoms with Crippen LogP contribution in [0.2, 0.25) is 0 Å². The molecule has 0 spiro atoms. The van der Waals surface area contributed by atoms with Gasteiger partial charge in [0.05, 0.1) is 17.6 Å². The number of rotatable bonds is 2. The predicted octanol–water partition coefficient (Wildman–Crippen LogP) is 1.40. The van der Waals surface area contributed by atoms with Crippen LogP contribution in [0.15, 0.2) is 29.2 Å². The SMILES string of the molecule is Cc1ccc(S(=O)(=O)O)cc1.OCC1CCCO1. The Morgan fingerprint density at radius 3 is 2.28 bits per heavy atom. The van der Waals surface area contributed by atoms with Crippen molar-refractivity contribution in [2.24, 2.45) is 0 Å². The molecule has 1 atom stereocenters. The molecule has 1 aliphatic heterocycles. The van der Waals surface area contributed by atoms with Crippen LogP contribution < -0.4 is 0 Å². The lowest BCUT2D eigenvalue weighted by molar-refractivity contribution is 0.0591. The maximum absolute atomic E-state index is 10.5. The second-order valence-electron chi connectivity index (χ2n) is 4.11. The Morgan fingerprint density at radius 1 is 1.33 bits per heavy atom. The highest BCUT2D eigenvalue weighted by Gasteiger charge is 2.12. The van der Waals surface area contributed by atoms with Gasteiger partial charge < -0.3 is 9.84 Å². The third-order valence-electron chi connectivity index (χ3n) is 2.55. The van der Waals surface area contributed by atoms with Crippen LogP contribution in [0.25, 0.3) is 0 Å². The molecular weight excluding hydrogens is 256 g/mol. The summed E-state index contributed by atoms with van der Waals surface area (Å²) >= 11 is 0. The Hall–Kier alpha value is -0.950. The number of aliphatic hydroxyl groups excluding tert-OH is 1. The van der Waals surface area contributed by atoms with Crippen molar-refractivity contribution in [2.45, 2.75) is 30.8 Å². The fraction of sp³-hybridized carbons (Fsp3) is 0.500. The first-order chi connectivity index (χ1) is 8.43. The summed E-state index contributed by atoms with van der Waals surface area (Å²) in [4.78, 5) is -0.0666. The molecule has 0 bridgehead atoms. The third-order valence-corrected chi connectivity index (χ3v) is 3.41. The molecule has 18 heavy (non-hydrogen) atoms. The summed E-state index contributed by atoms with van der Waals surface area (Å²) in [5, 5.41) is 8.44. The van der Waals surface area contributed by atoms with E-state index in [1.54, 1.807) is 12.1 Å². The molecule has 0 aliphatic carbocycles. The Morgan fingerprint density at radius 2 is 1.94 bits per heavy atom. The zero-order chi connectivity index (χ0) is 13.6. The number of ether oxygens (including phenoxy) is 1. The monoisotopic (exact) mass is 274 g/mol. The minimum absolute atomic E-state index is 0.0666. The maximum Gasteiger partial charge on any atom is 0.294 e. The summed E-state index contributed by atoms with van der Waals surface area (Å²) in [5.41, 5.74) is 0.956. The van der Waals surface area contributed by atoms with Crippen LogP contribution in [0.4, 0.5) is 0 Å². The van der Waals surface area contributed by atoms with Gasteiger partial charge in [-0.1, -0.05) is 17.7 Å². The summed E-state index contributed by atoms with van der Waals surface area (Å²) in [5.74, 6) is 0. The van der Waals surface area contributed by atoms with Crippen LogP contribution in [0.1, 0.15) is 18.4 Å². The molecule has 6 heteroatoms. The highest BCUT2D eigenvalue weighted by molar-refractivity contribution is 7.85. The molecule has 0 amide bonds. The first kappa shape index (κ1) is 15.1. The van der Waals surface area contributed by atoms with E-state index in [0.717, 1.165) is 25.0 Å². The average Bonchev–Trinajstić information content (AvgIpc) is 2.82. The number of benzene rings is 1. The van der Waals surface area contributed by atoms with E-state index in [0.29, 0.717) is 0 Å². The van der Waals surface area contributed by atoms with E-state index < -0.39 is 10.1 Å². The zero-order valence-electron chi connectivity index (χ0n) is 10.2. The molecule has 1 aromatic rings. The van der Waals surface area contributed by atoms with Gasteiger partial charge in [0.2, 0.25) is 0 Å². The molecule has 1 aliphatic rings. The Bertz CT molecular complexity index is 446. The van der Waals surface area contributed by atoms with Gasteiger partial charge in [0.15, 0.2) is 0 Å². The van der Waals surface area contributed by atoms with Crippen LogP contribution >= 0.6 is 0 Å². The van der Waals surface area contributed by atoms with Crippen molar-refractivity contribution in [3.63, 3.8) is 0 Å². The second-order valence-corrected chi connectivity index (χ2v) is 5.53. The molecule has 1 aromatic carbocycles. The molecule has 5 nitrogen and oxygen atoms in total. The van der Waals surface area contributed by atoms with Crippen LogP contribution in [0, 0.1) is 6.92 Å². The van der Waals surface area contributed by atoms with Crippen molar-refractivity contribution in [3.8, 4) is 0 Å². The van der Waals surface area contributed by atoms with Crippen LogP contribution in [-0.2, 0) is 14.9 Å². The molecular formula is C12H18O5S. The summed E-state index contributed by atoms with van der Waals surface area (Å²) in [6, 6.07) is 5.99.